The lowest BCUT2D eigenvalue weighted by Gasteiger charge is -2.22. The Hall–Kier alpha value is -1.99. The number of nitrogens with one attached hydrogen (secondary N) is 2. The third-order valence-electron chi connectivity index (χ3n) is 4.16. The fraction of sp³-hybridized carbons (Fsp3) is 0.650. The number of aliphatic imine (C=N–C) groups is 1. The molecule has 1 aromatic carbocycles. The van der Waals surface area contributed by atoms with E-state index in [2.05, 4.69) is 15.6 Å². The topological polar surface area (TPSA) is 73.3 Å². The van der Waals surface area contributed by atoms with Gasteiger partial charge < -0.3 is 29.6 Å². The Kier molecular flexibility index (Phi) is 9.79. The number of ether oxygens (including phenoxy) is 4. The van der Waals surface area contributed by atoms with Crippen molar-refractivity contribution in [2.75, 3.05) is 51.9 Å². The van der Waals surface area contributed by atoms with Crippen LogP contribution in [0, 0.1) is 0 Å². The quantitative estimate of drug-likeness (QED) is 0.370. The molecule has 0 aromatic heterocycles. The Morgan fingerprint density at radius 2 is 2.04 bits per heavy atom. The first kappa shape index (κ1) is 21.3. The normalized spacial score (nSPS) is 15.4. The summed E-state index contributed by atoms with van der Waals surface area (Å²) in [6.45, 7) is 8.42. The SMILES string of the molecule is CCNC(=NCCCOC1CCOCC1)Nc1ccc(OC)c(OCC)c1. The van der Waals surface area contributed by atoms with Crippen LogP contribution in [0.1, 0.15) is 33.1 Å². The van der Waals surface area contributed by atoms with Crippen LogP contribution in [0.25, 0.3) is 0 Å². The summed E-state index contributed by atoms with van der Waals surface area (Å²) in [6, 6.07) is 5.75. The van der Waals surface area contributed by atoms with Gasteiger partial charge in [0, 0.05) is 44.7 Å². The molecule has 1 aliphatic heterocycles. The Morgan fingerprint density at radius 3 is 2.74 bits per heavy atom. The second-order valence-corrected chi connectivity index (χ2v) is 6.22. The fourth-order valence-corrected chi connectivity index (χ4v) is 2.81. The first-order chi connectivity index (χ1) is 13.3. The average molecular weight is 380 g/mol. The van der Waals surface area contributed by atoms with E-state index >= 15 is 0 Å². The number of anilines is 1. The molecule has 152 valence electrons. The Morgan fingerprint density at radius 1 is 1.22 bits per heavy atom. The lowest BCUT2D eigenvalue weighted by atomic mass is 10.1. The van der Waals surface area contributed by atoms with Crippen LogP contribution in [0.5, 0.6) is 11.5 Å². The average Bonchev–Trinajstić information content (AvgIpc) is 2.69. The monoisotopic (exact) mass is 379 g/mol. The number of benzene rings is 1. The molecule has 7 nitrogen and oxygen atoms in total. The van der Waals surface area contributed by atoms with Gasteiger partial charge in [0.2, 0.25) is 0 Å². The molecule has 0 amide bonds. The molecule has 0 bridgehead atoms. The summed E-state index contributed by atoms with van der Waals surface area (Å²) in [5.41, 5.74) is 0.900. The number of methoxy groups -OCH3 is 1. The molecule has 1 saturated heterocycles. The van der Waals surface area contributed by atoms with E-state index in [-0.39, 0.29) is 0 Å². The van der Waals surface area contributed by atoms with Gasteiger partial charge >= 0.3 is 0 Å². The summed E-state index contributed by atoms with van der Waals surface area (Å²) in [6.07, 6.45) is 3.21. The van der Waals surface area contributed by atoms with Crippen LogP contribution in [-0.2, 0) is 9.47 Å². The highest BCUT2D eigenvalue weighted by Crippen LogP contribution is 2.30. The molecule has 0 aliphatic carbocycles. The Balaban J connectivity index is 1.84. The van der Waals surface area contributed by atoms with E-state index in [1.54, 1.807) is 7.11 Å². The van der Waals surface area contributed by atoms with Crippen LogP contribution in [0.4, 0.5) is 5.69 Å². The Bertz CT molecular complexity index is 574. The van der Waals surface area contributed by atoms with E-state index < -0.39 is 0 Å². The summed E-state index contributed by atoms with van der Waals surface area (Å²) in [5.74, 6) is 2.18. The highest BCUT2D eigenvalue weighted by atomic mass is 16.5. The van der Waals surface area contributed by atoms with Crippen molar-refractivity contribution in [3.05, 3.63) is 18.2 Å². The Labute approximate surface area is 162 Å². The van der Waals surface area contributed by atoms with E-state index in [4.69, 9.17) is 18.9 Å². The molecule has 1 aliphatic rings. The number of nitrogens with zero attached hydrogens (tertiary/aromatic N) is 1. The van der Waals surface area contributed by atoms with Crippen LogP contribution in [0.15, 0.2) is 23.2 Å². The van der Waals surface area contributed by atoms with Crippen LogP contribution in [0.2, 0.25) is 0 Å². The predicted molar refractivity (Wildman–Crippen MR) is 108 cm³/mol. The molecule has 0 spiro atoms. The van der Waals surface area contributed by atoms with Gasteiger partial charge in [-0.2, -0.15) is 0 Å². The smallest absolute Gasteiger partial charge is 0.195 e. The highest BCUT2D eigenvalue weighted by molar-refractivity contribution is 5.93. The third kappa shape index (κ3) is 7.64. The van der Waals surface area contributed by atoms with Gasteiger partial charge in [-0.1, -0.05) is 0 Å². The minimum absolute atomic E-state index is 0.338. The minimum atomic E-state index is 0.338. The molecule has 2 N–H and O–H groups in total. The zero-order valence-electron chi connectivity index (χ0n) is 16.8. The maximum Gasteiger partial charge on any atom is 0.195 e. The van der Waals surface area contributed by atoms with Gasteiger partial charge in [0.1, 0.15) is 0 Å². The second kappa shape index (κ2) is 12.4. The minimum Gasteiger partial charge on any atom is -0.493 e. The predicted octanol–water partition coefficient (Wildman–Crippen LogP) is 3.06. The molecule has 0 saturated carbocycles. The van der Waals surface area contributed by atoms with Crippen molar-refractivity contribution in [1.29, 1.82) is 0 Å². The van der Waals surface area contributed by atoms with Crippen molar-refractivity contribution in [2.45, 2.75) is 39.2 Å². The summed E-state index contributed by atoms with van der Waals surface area (Å²) in [7, 11) is 1.64. The van der Waals surface area contributed by atoms with Crippen molar-refractivity contribution in [3.63, 3.8) is 0 Å². The number of rotatable bonds is 10. The largest absolute Gasteiger partial charge is 0.493 e. The van der Waals surface area contributed by atoms with Crippen molar-refractivity contribution in [3.8, 4) is 11.5 Å². The van der Waals surface area contributed by atoms with Crippen LogP contribution < -0.4 is 20.1 Å². The van der Waals surface area contributed by atoms with Gasteiger partial charge in [-0.3, -0.25) is 4.99 Å². The van der Waals surface area contributed by atoms with Crippen molar-refractivity contribution < 1.29 is 18.9 Å². The molecule has 1 heterocycles. The molecule has 0 atom stereocenters. The summed E-state index contributed by atoms with van der Waals surface area (Å²) in [5, 5.41) is 6.58. The van der Waals surface area contributed by atoms with Gasteiger partial charge in [0.25, 0.3) is 0 Å². The second-order valence-electron chi connectivity index (χ2n) is 6.22. The van der Waals surface area contributed by atoms with Crippen LogP contribution >= 0.6 is 0 Å². The molecule has 0 radical (unpaired) electrons. The summed E-state index contributed by atoms with van der Waals surface area (Å²) in [4.78, 5) is 4.63. The zero-order chi connectivity index (χ0) is 19.3. The van der Waals surface area contributed by atoms with Crippen molar-refractivity contribution in [1.82, 2.24) is 5.32 Å². The van der Waals surface area contributed by atoms with Gasteiger partial charge in [0.15, 0.2) is 17.5 Å². The summed E-state index contributed by atoms with van der Waals surface area (Å²) < 4.78 is 22.2. The van der Waals surface area contributed by atoms with Crippen LogP contribution in [-0.4, -0.2) is 58.7 Å². The highest BCUT2D eigenvalue weighted by Gasteiger charge is 2.13. The number of hydrogen-bond donors (Lipinski definition) is 2. The molecule has 27 heavy (non-hydrogen) atoms. The van der Waals surface area contributed by atoms with E-state index in [9.17, 15) is 0 Å². The summed E-state index contributed by atoms with van der Waals surface area (Å²) >= 11 is 0. The molecular formula is C20H33N3O4. The van der Waals surface area contributed by atoms with Gasteiger partial charge in [-0.15, -0.1) is 0 Å². The standard InChI is InChI=1S/C20H33N3O4/c1-4-21-20(22-11-6-12-27-17-9-13-25-14-10-17)23-16-7-8-18(24-3)19(15-16)26-5-2/h7-8,15,17H,4-6,9-14H2,1-3H3,(H2,21,22,23). The molecular weight excluding hydrogens is 346 g/mol. The van der Waals surface area contributed by atoms with Crippen LogP contribution in [0.3, 0.4) is 0 Å². The maximum absolute atomic E-state index is 5.89. The first-order valence-electron chi connectivity index (χ1n) is 9.82. The van der Waals surface area contributed by atoms with E-state index in [1.165, 1.54) is 0 Å². The fourth-order valence-electron chi connectivity index (χ4n) is 2.81. The molecule has 1 fully saturated rings. The molecule has 0 unspecified atom stereocenters. The van der Waals surface area contributed by atoms with Gasteiger partial charge in [-0.25, -0.2) is 0 Å². The van der Waals surface area contributed by atoms with Crippen molar-refractivity contribution >= 4 is 11.6 Å². The van der Waals surface area contributed by atoms with Gasteiger partial charge in [-0.05, 0) is 45.2 Å². The number of hydrogen-bond acceptors (Lipinski definition) is 5. The maximum atomic E-state index is 5.89. The molecule has 1 aromatic rings. The van der Waals surface area contributed by atoms with Crippen molar-refractivity contribution in [2.24, 2.45) is 4.99 Å². The van der Waals surface area contributed by atoms with Gasteiger partial charge in [0.05, 0.1) is 19.8 Å². The third-order valence-corrected chi connectivity index (χ3v) is 4.16. The number of guanidine groups is 1. The van der Waals surface area contributed by atoms with E-state index in [0.717, 1.165) is 63.0 Å². The van der Waals surface area contributed by atoms with E-state index in [1.807, 2.05) is 32.0 Å². The molecule has 7 heteroatoms. The van der Waals surface area contributed by atoms with E-state index in [0.29, 0.717) is 25.0 Å². The lowest BCUT2D eigenvalue weighted by Crippen LogP contribution is -2.31. The zero-order valence-corrected chi connectivity index (χ0v) is 16.8. The molecule has 2 rings (SSSR count). The first-order valence-corrected chi connectivity index (χ1v) is 9.82. The lowest BCUT2D eigenvalue weighted by molar-refractivity contribution is -0.0318.